The Labute approximate surface area is 373 Å². The summed E-state index contributed by atoms with van der Waals surface area (Å²) in [6.07, 6.45) is 0. The van der Waals surface area contributed by atoms with E-state index in [-0.39, 0.29) is 0 Å². The number of hydrogen-bond donors (Lipinski definition) is 0. The first-order valence-corrected chi connectivity index (χ1v) is 22.3. The molecule has 0 aromatic heterocycles. The summed E-state index contributed by atoms with van der Waals surface area (Å²) in [6.45, 7) is 0. The van der Waals surface area contributed by atoms with Gasteiger partial charge in [0.1, 0.15) is 11.5 Å². The SMILES string of the molecule is c1ccc(-c2ccc3c(c2)C2(c4ccccc4Oc4ccccc42)c2cc(-c4ccccc4)ccc2N3c2ccc3c(c2)C2(c4ccccc4-c4ccccc42)c2ccccc2-3)cc1. The van der Waals surface area contributed by atoms with Crippen molar-refractivity contribution >= 4 is 17.1 Å². The van der Waals surface area contributed by atoms with Gasteiger partial charge in [-0.1, -0.05) is 188 Å². The summed E-state index contributed by atoms with van der Waals surface area (Å²) in [7, 11) is 0. The van der Waals surface area contributed by atoms with Crippen molar-refractivity contribution in [2.24, 2.45) is 0 Å². The molecular formula is C62H39NO. The van der Waals surface area contributed by atoms with Gasteiger partial charge in [0, 0.05) is 16.8 Å². The molecule has 10 aromatic carbocycles. The van der Waals surface area contributed by atoms with Gasteiger partial charge in [0.05, 0.1) is 22.2 Å². The number of rotatable bonds is 3. The highest BCUT2D eigenvalue weighted by molar-refractivity contribution is 5.98. The minimum absolute atomic E-state index is 0.468. The van der Waals surface area contributed by atoms with Crippen molar-refractivity contribution in [2.45, 2.75) is 10.8 Å². The topological polar surface area (TPSA) is 12.5 Å². The van der Waals surface area contributed by atoms with Crippen LogP contribution in [0, 0.1) is 0 Å². The van der Waals surface area contributed by atoms with E-state index >= 15 is 0 Å². The third kappa shape index (κ3) is 4.54. The average Bonchev–Trinajstić information content (AvgIpc) is 3.84. The summed E-state index contributed by atoms with van der Waals surface area (Å²) in [5.74, 6) is 1.75. The molecule has 0 unspecified atom stereocenters. The maximum atomic E-state index is 6.85. The maximum Gasteiger partial charge on any atom is 0.132 e. The van der Waals surface area contributed by atoms with Gasteiger partial charge in [-0.25, -0.2) is 0 Å². The van der Waals surface area contributed by atoms with Crippen molar-refractivity contribution < 1.29 is 4.74 Å². The number of benzene rings is 10. The lowest BCUT2D eigenvalue weighted by Crippen LogP contribution is -2.40. The molecule has 10 aromatic rings. The van der Waals surface area contributed by atoms with Gasteiger partial charge in [-0.05, 0) is 126 Å². The predicted molar refractivity (Wildman–Crippen MR) is 260 cm³/mol. The monoisotopic (exact) mass is 813 g/mol. The van der Waals surface area contributed by atoms with Crippen LogP contribution in [0.2, 0.25) is 0 Å². The normalized spacial score (nSPS) is 14.6. The molecule has 14 rings (SSSR count). The summed E-state index contributed by atoms with van der Waals surface area (Å²) >= 11 is 0. The zero-order chi connectivity index (χ0) is 42.0. The zero-order valence-electron chi connectivity index (χ0n) is 34.9. The highest BCUT2D eigenvalue weighted by Crippen LogP contribution is 2.66. The van der Waals surface area contributed by atoms with Crippen molar-refractivity contribution in [3.63, 3.8) is 0 Å². The first-order chi connectivity index (χ1) is 31.7. The standard InChI is InChI=1S/C62H39NO/c1-3-17-40(18-4-1)42-31-35-57-55(37-42)62(52-27-13-15-29-59(52)64-60-30-16-14-28-53(60)62)56-38-43(41-19-5-2-6-20-41)32-36-58(56)63(57)44-33-34-48-47-23-9-12-26-51(47)61(54(48)39-44)49-24-10-7-21-45(49)46-22-8-11-25-50(46)61/h1-39H. The maximum absolute atomic E-state index is 6.85. The van der Waals surface area contributed by atoms with Crippen LogP contribution in [0.15, 0.2) is 237 Å². The lowest BCUT2D eigenvalue weighted by molar-refractivity contribution is 0.434. The Bertz CT molecular complexity index is 3350. The van der Waals surface area contributed by atoms with Crippen molar-refractivity contribution in [1.29, 1.82) is 0 Å². The van der Waals surface area contributed by atoms with Gasteiger partial charge >= 0.3 is 0 Å². The molecule has 0 atom stereocenters. The van der Waals surface area contributed by atoms with Gasteiger partial charge in [0.25, 0.3) is 0 Å². The van der Waals surface area contributed by atoms with Gasteiger partial charge in [0.2, 0.25) is 0 Å². The zero-order valence-corrected chi connectivity index (χ0v) is 34.9. The summed E-state index contributed by atoms with van der Waals surface area (Å²) < 4.78 is 6.85. The molecule has 298 valence electrons. The number of nitrogens with zero attached hydrogens (tertiary/aromatic N) is 1. The lowest BCUT2D eigenvalue weighted by atomic mass is 9.60. The van der Waals surface area contributed by atoms with E-state index in [2.05, 4.69) is 241 Å². The van der Waals surface area contributed by atoms with E-state index in [0.29, 0.717) is 0 Å². The first kappa shape index (κ1) is 35.4. The Kier molecular flexibility index (Phi) is 7.28. The second kappa shape index (κ2) is 13.2. The van der Waals surface area contributed by atoms with Gasteiger partial charge in [-0.15, -0.1) is 0 Å². The fraction of sp³-hybridized carbons (Fsp3) is 0.0323. The number of ether oxygens (including phenoxy) is 1. The summed E-state index contributed by atoms with van der Waals surface area (Å²) in [6, 6.07) is 87.7. The van der Waals surface area contributed by atoms with E-state index in [1.54, 1.807) is 0 Å². The molecule has 2 nitrogen and oxygen atoms in total. The van der Waals surface area contributed by atoms with Crippen molar-refractivity contribution in [3.8, 4) is 56.0 Å². The minimum atomic E-state index is -0.723. The van der Waals surface area contributed by atoms with Crippen LogP contribution in [0.1, 0.15) is 44.5 Å². The molecule has 4 aliphatic rings. The molecule has 0 fully saturated rings. The molecular weight excluding hydrogens is 775 g/mol. The minimum Gasteiger partial charge on any atom is -0.457 e. The van der Waals surface area contributed by atoms with Crippen LogP contribution in [0.5, 0.6) is 11.5 Å². The average molecular weight is 814 g/mol. The van der Waals surface area contributed by atoms with E-state index in [0.717, 1.165) is 39.7 Å². The Morgan fingerprint density at radius 1 is 0.266 bits per heavy atom. The fourth-order valence-electron chi connectivity index (χ4n) is 12.0. The van der Waals surface area contributed by atoms with E-state index in [4.69, 9.17) is 4.74 Å². The largest absolute Gasteiger partial charge is 0.457 e. The number of anilines is 3. The Balaban J connectivity index is 1.11. The van der Waals surface area contributed by atoms with Crippen LogP contribution in [0.4, 0.5) is 17.1 Å². The molecule has 0 saturated carbocycles. The molecule has 2 aliphatic heterocycles. The van der Waals surface area contributed by atoms with Crippen molar-refractivity contribution in [1.82, 2.24) is 0 Å². The van der Waals surface area contributed by atoms with E-state index in [1.807, 2.05) is 0 Å². The van der Waals surface area contributed by atoms with Crippen LogP contribution in [-0.2, 0) is 10.8 Å². The predicted octanol–water partition coefficient (Wildman–Crippen LogP) is 15.6. The Hall–Kier alpha value is -8.20. The summed E-state index contributed by atoms with van der Waals surface area (Å²) in [5.41, 5.74) is 22.1. The molecule has 2 aliphatic carbocycles. The number of para-hydroxylation sites is 2. The fourth-order valence-corrected chi connectivity index (χ4v) is 12.0. The van der Waals surface area contributed by atoms with Crippen molar-refractivity contribution in [2.75, 3.05) is 4.90 Å². The van der Waals surface area contributed by atoms with Crippen LogP contribution in [-0.4, -0.2) is 0 Å². The van der Waals surface area contributed by atoms with Gasteiger partial charge in [-0.3, -0.25) is 0 Å². The van der Waals surface area contributed by atoms with Crippen molar-refractivity contribution in [3.05, 3.63) is 281 Å². The number of hydrogen-bond acceptors (Lipinski definition) is 2. The van der Waals surface area contributed by atoms with E-state index in [9.17, 15) is 0 Å². The molecule has 2 spiro atoms. The molecule has 64 heavy (non-hydrogen) atoms. The molecule has 0 amide bonds. The molecule has 0 saturated heterocycles. The molecule has 0 radical (unpaired) electrons. The molecule has 0 bridgehead atoms. The smallest absolute Gasteiger partial charge is 0.132 e. The second-order valence-electron chi connectivity index (χ2n) is 17.5. The quantitative estimate of drug-likeness (QED) is 0.176. The van der Waals surface area contributed by atoms with Crippen LogP contribution in [0.3, 0.4) is 0 Å². The highest BCUT2D eigenvalue weighted by Gasteiger charge is 2.54. The summed E-state index contributed by atoms with van der Waals surface area (Å²) in [4.78, 5) is 2.55. The molecule has 2 heteroatoms. The van der Waals surface area contributed by atoms with E-state index < -0.39 is 10.8 Å². The lowest BCUT2D eigenvalue weighted by Gasteiger charge is -2.49. The summed E-state index contributed by atoms with van der Waals surface area (Å²) in [5, 5.41) is 0. The third-order valence-corrected chi connectivity index (χ3v) is 14.5. The van der Waals surface area contributed by atoms with Crippen LogP contribution in [0.25, 0.3) is 44.5 Å². The Morgan fingerprint density at radius 2 is 0.656 bits per heavy atom. The van der Waals surface area contributed by atoms with E-state index in [1.165, 1.54) is 77.9 Å². The molecule has 2 heterocycles. The van der Waals surface area contributed by atoms with Gasteiger partial charge < -0.3 is 9.64 Å². The van der Waals surface area contributed by atoms with Crippen LogP contribution < -0.4 is 9.64 Å². The first-order valence-electron chi connectivity index (χ1n) is 22.3. The third-order valence-electron chi connectivity index (χ3n) is 14.5. The second-order valence-corrected chi connectivity index (χ2v) is 17.5. The number of fused-ring (bicyclic) bond motifs is 18. The van der Waals surface area contributed by atoms with Crippen LogP contribution >= 0.6 is 0 Å². The van der Waals surface area contributed by atoms with Gasteiger partial charge in [-0.2, -0.15) is 0 Å². The highest BCUT2D eigenvalue weighted by atomic mass is 16.5. The van der Waals surface area contributed by atoms with Gasteiger partial charge in [0.15, 0.2) is 0 Å². The Morgan fingerprint density at radius 3 is 1.14 bits per heavy atom. The molecule has 0 N–H and O–H groups in total.